The topological polar surface area (TPSA) is 38.5 Å². The lowest BCUT2D eigenvalue weighted by molar-refractivity contribution is -0.0229. The van der Waals surface area contributed by atoms with Crippen molar-refractivity contribution in [3.05, 3.63) is 0 Å². The van der Waals surface area contributed by atoms with E-state index in [-0.39, 0.29) is 5.41 Å². The van der Waals surface area contributed by atoms with E-state index in [9.17, 15) is 0 Å². The van der Waals surface area contributed by atoms with E-state index < -0.39 is 0 Å². The maximum absolute atomic E-state index is 6.00. The maximum Gasteiger partial charge on any atom is 0.0546 e. The molecular formula is C14H30N2O. The number of nitrogens with zero attached hydrogens (tertiary/aromatic N) is 1. The van der Waals surface area contributed by atoms with Crippen LogP contribution in [-0.4, -0.2) is 44.3 Å². The zero-order valence-corrected chi connectivity index (χ0v) is 11.9. The standard InChI is InChI=1S/C14H30N2O/c1-4-13(3)9-16(5-2)11-14(10-15)7-6-8-17-12-14/h13H,4-12,15H2,1-3H3. The molecule has 0 aromatic rings. The molecule has 1 aliphatic rings. The quantitative estimate of drug-likeness (QED) is 0.743. The molecule has 0 saturated carbocycles. The van der Waals surface area contributed by atoms with E-state index in [0.717, 1.165) is 45.2 Å². The first-order valence-electron chi connectivity index (χ1n) is 7.16. The van der Waals surface area contributed by atoms with Crippen LogP contribution in [0.5, 0.6) is 0 Å². The van der Waals surface area contributed by atoms with Crippen LogP contribution in [0.25, 0.3) is 0 Å². The second-order valence-corrected chi connectivity index (χ2v) is 5.70. The second kappa shape index (κ2) is 7.34. The fourth-order valence-corrected chi connectivity index (χ4v) is 2.61. The van der Waals surface area contributed by atoms with Crippen LogP contribution in [0.4, 0.5) is 0 Å². The Balaban J connectivity index is 2.51. The molecule has 0 amide bonds. The summed E-state index contributed by atoms with van der Waals surface area (Å²) < 4.78 is 5.65. The Labute approximate surface area is 107 Å². The van der Waals surface area contributed by atoms with Gasteiger partial charge in [-0.25, -0.2) is 0 Å². The lowest BCUT2D eigenvalue weighted by Crippen LogP contribution is -2.48. The van der Waals surface area contributed by atoms with E-state index in [1.54, 1.807) is 0 Å². The molecule has 1 heterocycles. The molecule has 2 unspecified atom stereocenters. The van der Waals surface area contributed by atoms with Crippen molar-refractivity contribution in [2.45, 2.75) is 40.0 Å². The van der Waals surface area contributed by atoms with Crippen molar-refractivity contribution in [1.82, 2.24) is 4.90 Å². The molecule has 102 valence electrons. The minimum Gasteiger partial charge on any atom is -0.381 e. The molecule has 1 aliphatic heterocycles. The third-order valence-electron chi connectivity index (χ3n) is 4.11. The van der Waals surface area contributed by atoms with Gasteiger partial charge < -0.3 is 15.4 Å². The largest absolute Gasteiger partial charge is 0.381 e. The molecule has 0 aromatic carbocycles. The highest BCUT2D eigenvalue weighted by Crippen LogP contribution is 2.28. The molecule has 3 heteroatoms. The summed E-state index contributed by atoms with van der Waals surface area (Å²) in [5, 5.41) is 0. The van der Waals surface area contributed by atoms with Crippen LogP contribution in [-0.2, 0) is 4.74 Å². The van der Waals surface area contributed by atoms with Crippen molar-refractivity contribution >= 4 is 0 Å². The number of ether oxygens (including phenoxy) is 1. The smallest absolute Gasteiger partial charge is 0.0546 e. The molecule has 0 bridgehead atoms. The van der Waals surface area contributed by atoms with E-state index in [1.807, 2.05) is 0 Å². The van der Waals surface area contributed by atoms with Gasteiger partial charge in [0.05, 0.1) is 6.61 Å². The molecule has 2 N–H and O–H groups in total. The highest BCUT2D eigenvalue weighted by molar-refractivity contribution is 4.86. The van der Waals surface area contributed by atoms with Gasteiger partial charge in [-0.2, -0.15) is 0 Å². The molecule has 1 saturated heterocycles. The minimum atomic E-state index is 0.210. The van der Waals surface area contributed by atoms with E-state index in [4.69, 9.17) is 10.5 Å². The number of rotatable bonds is 7. The second-order valence-electron chi connectivity index (χ2n) is 5.70. The lowest BCUT2D eigenvalue weighted by Gasteiger charge is -2.40. The van der Waals surface area contributed by atoms with Gasteiger partial charge in [0.1, 0.15) is 0 Å². The Kier molecular flexibility index (Phi) is 6.45. The summed E-state index contributed by atoms with van der Waals surface area (Å²) in [5.74, 6) is 0.772. The van der Waals surface area contributed by atoms with Crippen molar-refractivity contribution < 1.29 is 4.74 Å². The Morgan fingerprint density at radius 3 is 2.65 bits per heavy atom. The average molecular weight is 242 g/mol. The molecule has 17 heavy (non-hydrogen) atoms. The summed E-state index contributed by atoms with van der Waals surface area (Å²) in [4.78, 5) is 2.55. The van der Waals surface area contributed by atoms with Gasteiger partial charge in [0, 0.05) is 31.7 Å². The van der Waals surface area contributed by atoms with Gasteiger partial charge in [0.25, 0.3) is 0 Å². The maximum atomic E-state index is 6.00. The van der Waals surface area contributed by atoms with Gasteiger partial charge in [-0.3, -0.25) is 0 Å². The van der Waals surface area contributed by atoms with Gasteiger partial charge >= 0.3 is 0 Å². The van der Waals surface area contributed by atoms with Crippen LogP contribution in [0.2, 0.25) is 0 Å². The van der Waals surface area contributed by atoms with Crippen LogP contribution in [0.3, 0.4) is 0 Å². The predicted molar refractivity (Wildman–Crippen MR) is 73.1 cm³/mol. The van der Waals surface area contributed by atoms with Crippen LogP contribution in [0.1, 0.15) is 40.0 Å². The molecular weight excluding hydrogens is 212 g/mol. The summed E-state index contributed by atoms with van der Waals surface area (Å²) in [6, 6.07) is 0. The third kappa shape index (κ3) is 4.57. The SMILES string of the molecule is CCC(C)CN(CC)CC1(CN)CCCOC1. The fourth-order valence-electron chi connectivity index (χ4n) is 2.61. The first kappa shape index (κ1) is 14.9. The molecule has 0 aliphatic carbocycles. The minimum absolute atomic E-state index is 0.210. The van der Waals surface area contributed by atoms with Gasteiger partial charge in [0.2, 0.25) is 0 Å². The van der Waals surface area contributed by atoms with Gasteiger partial charge in [0.15, 0.2) is 0 Å². The average Bonchev–Trinajstić information content (AvgIpc) is 2.38. The summed E-state index contributed by atoms with van der Waals surface area (Å²) in [5.41, 5.74) is 6.21. The molecule has 0 aromatic heterocycles. The molecule has 0 radical (unpaired) electrons. The summed E-state index contributed by atoms with van der Waals surface area (Å²) in [6.07, 6.45) is 3.64. The Morgan fingerprint density at radius 2 is 2.18 bits per heavy atom. The van der Waals surface area contributed by atoms with Crippen molar-refractivity contribution in [3.63, 3.8) is 0 Å². The number of nitrogens with two attached hydrogens (primary N) is 1. The van der Waals surface area contributed by atoms with E-state index in [2.05, 4.69) is 25.7 Å². The Bertz CT molecular complexity index is 202. The van der Waals surface area contributed by atoms with Crippen LogP contribution < -0.4 is 5.73 Å². The Hall–Kier alpha value is -0.120. The summed E-state index contributed by atoms with van der Waals surface area (Å²) in [6.45, 7) is 12.8. The number of hydrogen-bond acceptors (Lipinski definition) is 3. The van der Waals surface area contributed by atoms with Crippen LogP contribution in [0.15, 0.2) is 0 Å². The van der Waals surface area contributed by atoms with Gasteiger partial charge in [-0.1, -0.05) is 27.2 Å². The molecule has 3 nitrogen and oxygen atoms in total. The number of hydrogen-bond donors (Lipinski definition) is 1. The monoisotopic (exact) mass is 242 g/mol. The zero-order chi connectivity index (χ0) is 12.7. The summed E-state index contributed by atoms with van der Waals surface area (Å²) in [7, 11) is 0. The van der Waals surface area contributed by atoms with Gasteiger partial charge in [-0.05, 0) is 25.3 Å². The van der Waals surface area contributed by atoms with Crippen molar-refractivity contribution in [2.75, 3.05) is 39.4 Å². The molecule has 1 fully saturated rings. The van der Waals surface area contributed by atoms with Crippen LogP contribution in [0, 0.1) is 11.3 Å². The van der Waals surface area contributed by atoms with Crippen molar-refractivity contribution in [2.24, 2.45) is 17.1 Å². The molecule has 0 spiro atoms. The fraction of sp³-hybridized carbons (Fsp3) is 1.00. The first-order chi connectivity index (χ1) is 8.15. The van der Waals surface area contributed by atoms with E-state index >= 15 is 0 Å². The highest BCUT2D eigenvalue weighted by Gasteiger charge is 2.33. The Morgan fingerprint density at radius 1 is 1.41 bits per heavy atom. The van der Waals surface area contributed by atoms with Gasteiger partial charge in [-0.15, -0.1) is 0 Å². The summed E-state index contributed by atoms with van der Waals surface area (Å²) >= 11 is 0. The molecule has 1 rings (SSSR count). The third-order valence-corrected chi connectivity index (χ3v) is 4.11. The predicted octanol–water partition coefficient (Wildman–Crippen LogP) is 2.11. The van der Waals surface area contributed by atoms with Crippen molar-refractivity contribution in [1.29, 1.82) is 0 Å². The first-order valence-corrected chi connectivity index (χ1v) is 7.16. The van der Waals surface area contributed by atoms with E-state index in [1.165, 1.54) is 19.4 Å². The van der Waals surface area contributed by atoms with E-state index in [0.29, 0.717) is 0 Å². The normalized spacial score (nSPS) is 27.4. The lowest BCUT2D eigenvalue weighted by atomic mass is 9.82. The highest BCUT2D eigenvalue weighted by atomic mass is 16.5. The van der Waals surface area contributed by atoms with Crippen molar-refractivity contribution in [3.8, 4) is 0 Å². The zero-order valence-electron chi connectivity index (χ0n) is 11.9. The van der Waals surface area contributed by atoms with Crippen LogP contribution >= 0.6 is 0 Å². The molecule has 2 atom stereocenters.